The van der Waals surface area contributed by atoms with Crippen molar-refractivity contribution in [2.24, 2.45) is 21.5 Å². The van der Waals surface area contributed by atoms with Crippen molar-refractivity contribution < 1.29 is 0 Å². The highest BCUT2D eigenvalue weighted by molar-refractivity contribution is 6.05. The van der Waals surface area contributed by atoms with Crippen molar-refractivity contribution in [1.82, 2.24) is 0 Å². The van der Waals surface area contributed by atoms with Crippen LogP contribution < -0.4 is 16.4 Å². The van der Waals surface area contributed by atoms with Gasteiger partial charge in [-0.25, -0.2) is 4.99 Å². The Morgan fingerprint density at radius 3 is 2.25 bits per heavy atom. The number of para-hydroxylation sites is 1. The number of nitrogens with zero attached hydrogens (tertiary/aromatic N) is 3. The van der Waals surface area contributed by atoms with Crippen molar-refractivity contribution in [3.05, 3.63) is 29.8 Å². The van der Waals surface area contributed by atoms with Crippen molar-refractivity contribution in [3.63, 3.8) is 0 Å². The van der Waals surface area contributed by atoms with Crippen LogP contribution in [-0.4, -0.2) is 17.6 Å². The summed E-state index contributed by atoms with van der Waals surface area (Å²) >= 11 is 0. The van der Waals surface area contributed by atoms with E-state index in [1.807, 2.05) is 36.9 Å². The van der Waals surface area contributed by atoms with E-state index < -0.39 is 5.66 Å². The molecule has 0 bridgehead atoms. The lowest BCUT2D eigenvalue weighted by molar-refractivity contribution is 0.523. The highest BCUT2D eigenvalue weighted by atomic mass is 15.4. The molecule has 20 heavy (non-hydrogen) atoms. The molecule has 1 aliphatic heterocycles. The fourth-order valence-electron chi connectivity index (χ4n) is 2.52. The molecule has 0 spiro atoms. The minimum atomic E-state index is -0.558. The Balaban J connectivity index is 2.61. The van der Waals surface area contributed by atoms with Crippen LogP contribution in [0.3, 0.4) is 0 Å². The van der Waals surface area contributed by atoms with Crippen molar-refractivity contribution >= 4 is 17.6 Å². The zero-order valence-corrected chi connectivity index (χ0v) is 12.8. The molecular formula is C15H23N5. The van der Waals surface area contributed by atoms with Crippen LogP contribution in [0.4, 0.5) is 5.69 Å². The largest absolute Gasteiger partial charge is 0.369 e. The molecular weight excluding hydrogens is 250 g/mol. The molecule has 0 atom stereocenters. The molecule has 2 rings (SSSR count). The van der Waals surface area contributed by atoms with E-state index in [4.69, 9.17) is 11.5 Å². The average Bonchev–Trinajstić information content (AvgIpc) is 2.25. The van der Waals surface area contributed by atoms with E-state index in [2.05, 4.69) is 36.8 Å². The molecule has 0 fully saturated rings. The second-order valence-electron chi connectivity index (χ2n) is 6.54. The van der Waals surface area contributed by atoms with Crippen LogP contribution in [-0.2, 0) is 5.41 Å². The van der Waals surface area contributed by atoms with Crippen molar-refractivity contribution in [3.8, 4) is 0 Å². The first-order valence-corrected chi connectivity index (χ1v) is 6.72. The number of rotatable bonds is 1. The lowest BCUT2D eigenvalue weighted by atomic mass is 9.85. The van der Waals surface area contributed by atoms with Crippen molar-refractivity contribution in [1.29, 1.82) is 0 Å². The van der Waals surface area contributed by atoms with Gasteiger partial charge in [-0.05, 0) is 30.9 Å². The van der Waals surface area contributed by atoms with Crippen molar-refractivity contribution in [2.75, 3.05) is 4.90 Å². The summed E-state index contributed by atoms with van der Waals surface area (Å²) in [6.45, 7) is 10.5. The molecule has 4 N–H and O–H groups in total. The molecule has 0 amide bonds. The van der Waals surface area contributed by atoms with Crippen LogP contribution in [0.15, 0.2) is 34.3 Å². The molecule has 0 saturated heterocycles. The Morgan fingerprint density at radius 1 is 1.10 bits per heavy atom. The Bertz CT molecular complexity index is 578. The Morgan fingerprint density at radius 2 is 1.70 bits per heavy atom. The van der Waals surface area contributed by atoms with Gasteiger partial charge < -0.3 is 11.5 Å². The predicted octanol–water partition coefficient (Wildman–Crippen LogP) is 2.17. The molecule has 0 unspecified atom stereocenters. The monoisotopic (exact) mass is 273 g/mol. The third kappa shape index (κ3) is 2.48. The molecule has 1 aromatic rings. The summed E-state index contributed by atoms with van der Waals surface area (Å²) in [6.07, 6.45) is 0. The van der Waals surface area contributed by atoms with Gasteiger partial charge in [-0.3, -0.25) is 4.90 Å². The Kier molecular flexibility index (Phi) is 3.24. The highest BCUT2D eigenvalue weighted by Crippen LogP contribution is 2.36. The standard InChI is InChI=1S/C15H23N5/c1-14(2,3)10-8-6-7-9-11(10)20-13(17)18-12(16)19-15(20,4)5/h6-9H,1-5H3,(H4,16,17,18,19). The molecule has 1 aromatic carbocycles. The molecule has 5 heteroatoms. The maximum Gasteiger partial charge on any atom is 0.220 e. The molecule has 1 heterocycles. The smallest absolute Gasteiger partial charge is 0.220 e. The van der Waals surface area contributed by atoms with Crippen LogP contribution in [0.1, 0.15) is 40.2 Å². The topological polar surface area (TPSA) is 80.0 Å². The average molecular weight is 273 g/mol. The SMILES string of the molecule is CC(C)(C)c1ccccc1N1C(N)=NC(N)=NC1(C)C. The van der Waals surface area contributed by atoms with Gasteiger partial charge in [0.1, 0.15) is 5.66 Å². The predicted molar refractivity (Wildman–Crippen MR) is 84.9 cm³/mol. The number of hydrogen-bond donors (Lipinski definition) is 2. The first-order chi connectivity index (χ1) is 9.13. The van der Waals surface area contributed by atoms with E-state index in [0.29, 0.717) is 5.96 Å². The fraction of sp³-hybridized carbons (Fsp3) is 0.467. The minimum Gasteiger partial charge on any atom is -0.369 e. The van der Waals surface area contributed by atoms with Crippen LogP contribution in [0.25, 0.3) is 0 Å². The molecule has 0 saturated carbocycles. The van der Waals surface area contributed by atoms with E-state index in [1.54, 1.807) is 0 Å². The van der Waals surface area contributed by atoms with Crippen LogP contribution in [0.2, 0.25) is 0 Å². The van der Waals surface area contributed by atoms with Gasteiger partial charge in [0.05, 0.1) is 0 Å². The maximum atomic E-state index is 6.10. The molecule has 0 aromatic heterocycles. The Labute approximate surface area is 120 Å². The van der Waals surface area contributed by atoms with Gasteiger partial charge in [-0.2, -0.15) is 4.99 Å². The third-order valence-corrected chi connectivity index (χ3v) is 3.35. The zero-order chi connectivity index (χ0) is 15.1. The van der Waals surface area contributed by atoms with Gasteiger partial charge in [0.25, 0.3) is 0 Å². The summed E-state index contributed by atoms with van der Waals surface area (Å²) in [7, 11) is 0. The van der Waals surface area contributed by atoms with E-state index >= 15 is 0 Å². The lowest BCUT2D eigenvalue weighted by Gasteiger charge is -2.40. The normalized spacial score (nSPS) is 18.6. The molecule has 108 valence electrons. The summed E-state index contributed by atoms with van der Waals surface area (Å²) in [6, 6.07) is 8.18. The molecule has 5 nitrogen and oxygen atoms in total. The lowest BCUT2D eigenvalue weighted by Crippen LogP contribution is -2.54. The van der Waals surface area contributed by atoms with E-state index in [1.165, 1.54) is 5.56 Å². The van der Waals surface area contributed by atoms with Gasteiger partial charge in [0.15, 0.2) is 0 Å². The van der Waals surface area contributed by atoms with Gasteiger partial charge in [0, 0.05) is 5.69 Å². The maximum absolute atomic E-state index is 6.10. The van der Waals surface area contributed by atoms with Gasteiger partial charge >= 0.3 is 0 Å². The quantitative estimate of drug-likeness (QED) is 0.823. The number of hydrogen-bond acceptors (Lipinski definition) is 5. The van der Waals surface area contributed by atoms with Crippen LogP contribution in [0, 0.1) is 0 Å². The highest BCUT2D eigenvalue weighted by Gasteiger charge is 2.35. The minimum absolute atomic E-state index is 0.000338. The summed E-state index contributed by atoms with van der Waals surface area (Å²) in [4.78, 5) is 10.4. The third-order valence-electron chi connectivity index (χ3n) is 3.35. The number of anilines is 1. The number of benzene rings is 1. The Hall–Kier alpha value is -2.04. The molecule has 0 aliphatic carbocycles. The first kappa shape index (κ1) is 14.4. The van der Waals surface area contributed by atoms with Crippen molar-refractivity contribution in [2.45, 2.75) is 45.7 Å². The van der Waals surface area contributed by atoms with Crippen LogP contribution in [0.5, 0.6) is 0 Å². The zero-order valence-electron chi connectivity index (χ0n) is 12.8. The summed E-state index contributed by atoms with van der Waals surface area (Å²) in [5.74, 6) is 0.594. The van der Waals surface area contributed by atoms with Gasteiger partial charge in [-0.15, -0.1) is 0 Å². The number of aliphatic imine (C=N–C) groups is 2. The fourth-order valence-corrected chi connectivity index (χ4v) is 2.52. The van der Waals surface area contributed by atoms with Crippen LogP contribution >= 0.6 is 0 Å². The first-order valence-electron chi connectivity index (χ1n) is 6.72. The number of nitrogens with two attached hydrogens (primary N) is 2. The number of guanidine groups is 2. The van der Waals surface area contributed by atoms with Gasteiger partial charge in [-0.1, -0.05) is 39.0 Å². The summed E-state index contributed by atoms with van der Waals surface area (Å²) < 4.78 is 0. The van der Waals surface area contributed by atoms with Gasteiger partial charge in [0.2, 0.25) is 11.9 Å². The molecule has 1 aliphatic rings. The molecule has 0 radical (unpaired) electrons. The summed E-state index contributed by atoms with van der Waals surface area (Å²) in [5, 5.41) is 0. The van der Waals surface area contributed by atoms with E-state index in [9.17, 15) is 0 Å². The summed E-state index contributed by atoms with van der Waals surface area (Å²) in [5.41, 5.74) is 13.5. The second kappa shape index (κ2) is 4.51. The second-order valence-corrected chi connectivity index (χ2v) is 6.54. The van der Waals surface area contributed by atoms with E-state index in [-0.39, 0.29) is 11.4 Å². The van der Waals surface area contributed by atoms with E-state index in [0.717, 1.165) is 5.69 Å².